The zero-order valence-corrected chi connectivity index (χ0v) is 26.1. The molecule has 0 unspecified atom stereocenters. The van der Waals surface area contributed by atoms with Gasteiger partial charge in [0.25, 0.3) is 10.0 Å². The van der Waals surface area contributed by atoms with Gasteiger partial charge >= 0.3 is 0 Å². The number of hydrogen-bond acceptors (Lipinski definition) is 4. The lowest BCUT2D eigenvalue weighted by Gasteiger charge is -2.35. The van der Waals surface area contributed by atoms with Gasteiger partial charge in [-0.2, -0.15) is 0 Å². The highest BCUT2D eigenvalue weighted by Crippen LogP contribution is 2.28. The van der Waals surface area contributed by atoms with Gasteiger partial charge in [0.05, 0.1) is 10.6 Å². The number of anilines is 1. The van der Waals surface area contributed by atoms with Gasteiger partial charge in [-0.1, -0.05) is 91.9 Å². The monoisotopic (exact) mass is 609 g/mol. The Morgan fingerprint density at radius 2 is 1.57 bits per heavy atom. The molecule has 1 aliphatic carbocycles. The fourth-order valence-corrected chi connectivity index (χ4v) is 7.14. The van der Waals surface area contributed by atoms with Crippen molar-refractivity contribution < 1.29 is 18.0 Å². The fraction of sp³-hybridized carbons (Fsp3) is 0.394. The van der Waals surface area contributed by atoms with Gasteiger partial charge in [0.1, 0.15) is 12.6 Å². The summed E-state index contributed by atoms with van der Waals surface area (Å²) in [5, 5.41) is 3.64. The molecule has 1 fully saturated rings. The van der Waals surface area contributed by atoms with Crippen molar-refractivity contribution in [3.05, 3.63) is 94.5 Å². The number of amides is 2. The maximum atomic E-state index is 14.3. The van der Waals surface area contributed by atoms with E-state index in [0.717, 1.165) is 42.0 Å². The van der Waals surface area contributed by atoms with Crippen molar-refractivity contribution in [1.29, 1.82) is 0 Å². The number of halogens is 1. The van der Waals surface area contributed by atoms with Crippen molar-refractivity contribution in [1.82, 2.24) is 10.2 Å². The molecule has 7 nitrogen and oxygen atoms in total. The minimum Gasteiger partial charge on any atom is -0.352 e. The summed E-state index contributed by atoms with van der Waals surface area (Å²) in [6.45, 7) is 5.15. The highest BCUT2D eigenvalue weighted by atomic mass is 35.5. The number of nitrogens with one attached hydrogen (secondary N) is 1. The molecule has 3 aromatic rings. The number of rotatable bonds is 11. The molecule has 1 atom stereocenters. The lowest BCUT2D eigenvalue weighted by molar-refractivity contribution is -0.140. The smallest absolute Gasteiger partial charge is 0.264 e. The molecule has 4 rings (SSSR count). The molecule has 0 aromatic heterocycles. The maximum absolute atomic E-state index is 14.3. The molecule has 0 aliphatic heterocycles. The third kappa shape index (κ3) is 7.53. The van der Waals surface area contributed by atoms with Crippen LogP contribution in [0.4, 0.5) is 5.69 Å². The van der Waals surface area contributed by atoms with Crippen molar-refractivity contribution in [2.24, 2.45) is 0 Å². The third-order valence-corrected chi connectivity index (χ3v) is 10.1. The van der Waals surface area contributed by atoms with Crippen LogP contribution in [0, 0.1) is 13.8 Å². The molecule has 0 spiro atoms. The second-order valence-electron chi connectivity index (χ2n) is 11.0. The predicted octanol–water partition coefficient (Wildman–Crippen LogP) is 6.41. The van der Waals surface area contributed by atoms with Crippen LogP contribution >= 0.6 is 11.6 Å². The predicted molar refractivity (Wildman–Crippen MR) is 168 cm³/mol. The zero-order chi connectivity index (χ0) is 30.3. The Labute approximate surface area is 254 Å². The van der Waals surface area contributed by atoms with Gasteiger partial charge in [0.15, 0.2) is 0 Å². The number of aryl methyl sites for hydroxylation is 2. The summed E-state index contributed by atoms with van der Waals surface area (Å²) in [6, 6.07) is 20.1. The summed E-state index contributed by atoms with van der Waals surface area (Å²) in [5.41, 5.74) is 2.72. The molecule has 1 aliphatic rings. The highest BCUT2D eigenvalue weighted by Gasteiger charge is 2.35. The van der Waals surface area contributed by atoms with Gasteiger partial charge in [-0.25, -0.2) is 8.42 Å². The average Bonchev–Trinajstić information content (AvgIpc) is 2.98. The van der Waals surface area contributed by atoms with E-state index < -0.39 is 28.5 Å². The molecule has 42 heavy (non-hydrogen) atoms. The lowest BCUT2D eigenvalue weighted by Crippen LogP contribution is -2.54. The number of nitrogens with zero attached hydrogens (tertiary/aromatic N) is 2. The van der Waals surface area contributed by atoms with Crippen molar-refractivity contribution in [2.75, 3.05) is 10.8 Å². The number of para-hydroxylation sites is 1. The number of sulfonamides is 1. The number of hydrogen-bond donors (Lipinski definition) is 1. The fourth-order valence-electron chi connectivity index (χ4n) is 5.47. The second-order valence-corrected chi connectivity index (χ2v) is 13.3. The molecular weight excluding hydrogens is 570 g/mol. The molecule has 1 saturated carbocycles. The van der Waals surface area contributed by atoms with Gasteiger partial charge in [-0.15, -0.1) is 0 Å². The summed E-state index contributed by atoms with van der Waals surface area (Å²) < 4.78 is 29.3. The lowest BCUT2D eigenvalue weighted by atomic mass is 9.95. The summed E-state index contributed by atoms with van der Waals surface area (Å²) in [6.07, 6.45) is 5.47. The number of carbonyl (C=O) groups is 2. The van der Waals surface area contributed by atoms with Crippen LogP contribution in [0.1, 0.15) is 62.1 Å². The summed E-state index contributed by atoms with van der Waals surface area (Å²) in [5.74, 6) is -0.715. The van der Waals surface area contributed by atoms with Crippen LogP contribution in [0.2, 0.25) is 5.02 Å². The van der Waals surface area contributed by atoms with E-state index in [0.29, 0.717) is 28.3 Å². The van der Waals surface area contributed by atoms with E-state index in [1.165, 1.54) is 4.90 Å². The van der Waals surface area contributed by atoms with E-state index in [-0.39, 0.29) is 23.4 Å². The molecule has 2 amide bonds. The van der Waals surface area contributed by atoms with Crippen LogP contribution in [-0.2, 0) is 26.2 Å². The van der Waals surface area contributed by atoms with Crippen LogP contribution in [0.15, 0.2) is 77.7 Å². The van der Waals surface area contributed by atoms with Gasteiger partial charge in [0.2, 0.25) is 11.8 Å². The second kappa shape index (κ2) is 14.2. The van der Waals surface area contributed by atoms with Crippen LogP contribution < -0.4 is 9.62 Å². The topological polar surface area (TPSA) is 86.8 Å². The van der Waals surface area contributed by atoms with E-state index in [1.54, 1.807) is 48.5 Å². The quantitative estimate of drug-likeness (QED) is 0.272. The molecular formula is C33H40ClN3O4S. The van der Waals surface area contributed by atoms with E-state index in [4.69, 9.17) is 11.6 Å². The number of benzene rings is 3. The Kier molecular flexibility index (Phi) is 10.7. The Morgan fingerprint density at radius 1 is 0.929 bits per heavy atom. The van der Waals surface area contributed by atoms with Gasteiger partial charge in [-0.3, -0.25) is 13.9 Å². The normalized spacial score (nSPS) is 14.7. The number of carbonyl (C=O) groups excluding carboxylic acids is 2. The minimum atomic E-state index is -4.12. The average molecular weight is 610 g/mol. The zero-order valence-electron chi connectivity index (χ0n) is 24.6. The summed E-state index contributed by atoms with van der Waals surface area (Å²) >= 11 is 6.50. The molecule has 224 valence electrons. The first-order valence-corrected chi connectivity index (χ1v) is 16.4. The minimum absolute atomic E-state index is 0.0707. The van der Waals surface area contributed by atoms with E-state index in [1.807, 2.05) is 45.0 Å². The van der Waals surface area contributed by atoms with Crippen molar-refractivity contribution in [3.63, 3.8) is 0 Å². The van der Waals surface area contributed by atoms with Crippen molar-refractivity contribution >= 4 is 39.1 Å². The first kappa shape index (κ1) is 31.6. The van der Waals surface area contributed by atoms with Gasteiger partial charge in [-0.05, 0) is 68.5 Å². The van der Waals surface area contributed by atoms with Gasteiger partial charge < -0.3 is 10.2 Å². The molecule has 0 bridgehead atoms. The van der Waals surface area contributed by atoms with Crippen LogP contribution in [-0.4, -0.2) is 43.8 Å². The molecule has 1 N–H and O–H groups in total. The molecule has 9 heteroatoms. The Morgan fingerprint density at radius 3 is 2.21 bits per heavy atom. The van der Waals surface area contributed by atoms with Crippen molar-refractivity contribution in [3.8, 4) is 0 Å². The van der Waals surface area contributed by atoms with E-state index in [9.17, 15) is 18.0 Å². The van der Waals surface area contributed by atoms with Crippen molar-refractivity contribution in [2.45, 2.75) is 82.8 Å². The summed E-state index contributed by atoms with van der Waals surface area (Å²) in [4.78, 5) is 29.5. The van der Waals surface area contributed by atoms with Crippen LogP contribution in [0.5, 0.6) is 0 Å². The van der Waals surface area contributed by atoms with E-state index >= 15 is 0 Å². The Hall–Kier alpha value is -3.36. The maximum Gasteiger partial charge on any atom is 0.264 e. The Balaban J connectivity index is 1.72. The standard InChI is InChI=1S/C33H40ClN3O4S/c1-4-30(33(39)35-27-14-6-5-7-15-27)36(22-26-13-9-10-16-29(26)34)32(38)23-37(31-17-11-8-12-25(31)3)42(40,41)28-20-18-24(2)19-21-28/h8-13,16-21,27,30H,4-7,14-15,22-23H2,1-3H3,(H,35,39)/t30-/m1/s1. The largest absolute Gasteiger partial charge is 0.352 e. The first-order chi connectivity index (χ1) is 20.1. The first-order valence-electron chi connectivity index (χ1n) is 14.6. The molecule has 0 radical (unpaired) electrons. The third-order valence-electron chi connectivity index (χ3n) is 7.91. The molecule has 0 saturated heterocycles. The summed E-state index contributed by atoms with van der Waals surface area (Å²) in [7, 11) is -4.12. The highest BCUT2D eigenvalue weighted by molar-refractivity contribution is 7.92. The molecule has 3 aromatic carbocycles. The SMILES string of the molecule is CC[C@H](C(=O)NC1CCCCC1)N(Cc1ccccc1Cl)C(=O)CN(c1ccccc1C)S(=O)(=O)c1ccc(C)cc1. The van der Waals surface area contributed by atoms with Gasteiger partial charge in [0, 0.05) is 17.6 Å². The van der Waals surface area contributed by atoms with Crippen LogP contribution in [0.25, 0.3) is 0 Å². The Bertz CT molecular complexity index is 1490. The van der Waals surface area contributed by atoms with Crippen LogP contribution in [0.3, 0.4) is 0 Å². The van der Waals surface area contributed by atoms with E-state index in [2.05, 4.69) is 5.32 Å². The molecule has 0 heterocycles.